The van der Waals surface area contributed by atoms with Gasteiger partial charge in [0.05, 0.1) is 6.04 Å². The molecule has 0 radical (unpaired) electrons. The lowest BCUT2D eigenvalue weighted by Gasteiger charge is -2.11. The van der Waals surface area contributed by atoms with Crippen LogP contribution in [0.4, 0.5) is 0 Å². The number of carbonyl (C=O) groups is 2. The first-order valence-electron chi connectivity index (χ1n) is 8.49. The van der Waals surface area contributed by atoms with Gasteiger partial charge in [-0.3, -0.25) is 4.79 Å². The number of hydrogen-bond donors (Lipinski definition) is 1. The molecule has 3 nitrogen and oxygen atoms in total. The summed E-state index contributed by atoms with van der Waals surface area (Å²) in [5.74, 6) is 0.0264. The van der Waals surface area contributed by atoms with E-state index in [-0.39, 0.29) is 11.9 Å². The summed E-state index contributed by atoms with van der Waals surface area (Å²) in [4.78, 5) is 22.4. The molecule has 0 aliphatic rings. The van der Waals surface area contributed by atoms with Gasteiger partial charge in [-0.05, 0) is 12.8 Å². The SMILES string of the molecule is CCCCCCCCCCCC(=O)NC(C=O)CCC. The van der Waals surface area contributed by atoms with Gasteiger partial charge in [0.1, 0.15) is 6.29 Å². The number of rotatable bonds is 14. The van der Waals surface area contributed by atoms with Gasteiger partial charge in [0, 0.05) is 6.42 Å². The maximum absolute atomic E-state index is 11.6. The predicted octanol–water partition coefficient (Wildman–Crippen LogP) is 4.39. The van der Waals surface area contributed by atoms with Crippen molar-refractivity contribution in [1.82, 2.24) is 5.32 Å². The number of amides is 1. The lowest BCUT2D eigenvalue weighted by molar-refractivity contribution is -0.124. The minimum absolute atomic E-state index is 0.0264. The molecule has 0 bridgehead atoms. The quantitative estimate of drug-likeness (QED) is 0.379. The van der Waals surface area contributed by atoms with Gasteiger partial charge in [-0.1, -0.05) is 71.6 Å². The second-order valence-electron chi connectivity index (χ2n) is 5.68. The van der Waals surface area contributed by atoms with Gasteiger partial charge in [0.15, 0.2) is 0 Å². The molecule has 118 valence electrons. The zero-order chi connectivity index (χ0) is 15.1. The largest absolute Gasteiger partial charge is 0.347 e. The highest BCUT2D eigenvalue weighted by Crippen LogP contribution is 2.10. The highest BCUT2D eigenvalue weighted by atomic mass is 16.2. The molecule has 0 aromatic heterocycles. The molecular weight excluding hydrogens is 250 g/mol. The third kappa shape index (κ3) is 12.2. The topological polar surface area (TPSA) is 46.2 Å². The molecule has 0 aromatic carbocycles. The van der Waals surface area contributed by atoms with Crippen molar-refractivity contribution in [2.75, 3.05) is 0 Å². The standard InChI is InChI=1S/C17H33NO2/c1-3-5-6-7-8-9-10-11-12-14-17(20)18-16(15-19)13-4-2/h15-16H,3-14H2,1-2H3,(H,18,20). The van der Waals surface area contributed by atoms with Crippen molar-refractivity contribution < 1.29 is 9.59 Å². The van der Waals surface area contributed by atoms with Gasteiger partial charge >= 0.3 is 0 Å². The molecule has 0 aromatic rings. The van der Waals surface area contributed by atoms with Crippen molar-refractivity contribution in [2.45, 2.75) is 96.9 Å². The van der Waals surface area contributed by atoms with E-state index in [2.05, 4.69) is 12.2 Å². The van der Waals surface area contributed by atoms with Crippen LogP contribution in [0.1, 0.15) is 90.9 Å². The lowest BCUT2D eigenvalue weighted by Crippen LogP contribution is -2.35. The second kappa shape index (κ2) is 14.5. The third-order valence-corrected chi connectivity index (χ3v) is 3.62. The average Bonchev–Trinajstić information content (AvgIpc) is 2.45. The molecule has 0 heterocycles. The summed E-state index contributed by atoms with van der Waals surface area (Å²) < 4.78 is 0. The molecule has 3 heteroatoms. The molecule has 0 rings (SSSR count). The Hall–Kier alpha value is -0.860. The van der Waals surface area contributed by atoms with Crippen LogP contribution in [0.2, 0.25) is 0 Å². The smallest absolute Gasteiger partial charge is 0.220 e. The molecule has 1 N–H and O–H groups in total. The van der Waals surface area contributed by atoms with Crippen molar-refractivity contribution in [1.29, 1.82) is 0 Å². The van der Waals surface area contributed by atoms with E-state index in [0.29, 0.717) is 6.42 Å². The number of hydrogen-bond acceptors (Lipinski definition) is 2. The molecular formula is C17H33NO2. The summed E-state index contributed by atoms with van der Waals surface area (Å²) in [5, 5.41) is 2.79. The average molecular weight is 283 g/mol. The van der Waals surface area contributed by atoms with Gasteiger partial charge < -0.3 is 10.1 Å². The van der Waals surface area contributed by atoms with Gasteiger partial charge in [-0.15, -0.1) is 0 Å². The lowest BCUT2D eigenvalue weighted by atomic mass is 10.1. The Bertz CT molecular complexity index is 241. The summed E-state index contributed by atoms with van der Waals surface area (Å²) in [6.07, 6.45) is 14.4. The zero-order valence-electron chi connectivity index (χ0n) is 13.5. The highest BCUT2D eigenvalue weighted by molar-refractivity contribution is 5.79. The van der Waals surface area contributed by atoms with E-state index in [1.165, 1.54) is 44.9 Å². The minimum atomic E-state index is -0.286. The van der Waals surface area contributed by atoms with Crippen LogP contribution in [0.3, 0.4) is 0 Å². The molecule has 0 aliphatic heterocycles. The van der Waals surface area contributed by atoms with Crippen LogP contribution < -0.4 is 5.32 Å². The van der Waals surface area contributed by atoms with E-state index >= 15 is 0 Å². The van der Waals surface area contributed by atoms with Crippen molar-refractivity contribution in [3.63, 3.8) is 0 Å². The van der Waals surface area contributed by atoms with Crippen LogP contribution in [-0.2, 0) is 9.59 Å². The number of aldehydes is 1. The van der Waals surface area contributed by atoms with Crippen molar-refractivity contribution in [2.24, 2.45) is 0 Å². The fourth-order valence-electron chi connectivity index (χ4n) is 2.36. The fourth-order valence-corrected chi connectivity index (χ4v) is 2.36. The maximum Gasteiger partial charge on any atom is 0.220 e. The number of carbonyl (C=O) groups excluding carboxylic acids is 2. The summed E-state index contributed by atoms with van der Waals surface area (Å²) in [6, 6.07) is -0.286. The predicted molar refractivity (Wildman–Crippen MR) is 84.7 cm³/mol. The van der Waals surface area contributed by atoms with E-state index in [1.807, 2.05) is 6.92 Å². The second-order valence-corrected chi connectivity index (χ2v) is 5.68. The minimum Gasteiger partial charge on any atom is -0.347 e. The van der Waals surface area contributed by atoms with Crippen LogP contribution in [0.25, 0.3) is 0 Å². The first-order chi connectivity index (χ1) is 9.74. The van der Waals surface area contributed by atoms with Crippen LogP contribution in [0, 0.1) is 0 Å². The molecule has 0 fully saturated rings. The van der Waals surface area contributed by atoms with E-state index in [0.717, 1.165) is 32.0 Å². The van der Waals surface area contributed by atoms with Gasteiger partial charge in [-0.2, -0.15) is 0 Å². The van der Waals surface area contributed by atoms with Crippen molar-refractivity contribution >= 4 is 12.2 Å². The van der Waals surface area contributed by atoms with E-state index in [4.69, 9.17) is 0 Å². The van der Waals surface area contributed by atoms with Gasteiger partial charge in [0.2, 0.25) is 5.91 Å². The highest BCUT2D eigenvalue weighted by Gasteiger charge is 2.09. The normalized spacial score (nSPS) is 12.1. The molecule has 0 spiro atoms. The summed E-state index contributed by atoms with van der Waals surface area (Å²) in [5.41, 5.74) is 0. The molecule has 1 atom stereocenters. The number of nitrogens with one attached hydrogen (secondary N) is 1. The monoisotopic (exact) mass is 283 g/mol. The Kier molecular flexibility index (Phi) is 13.9. The Morgan fingerprint density at radius 2 is 1.45 bits per heavy atom. The van der Waals surface area contributed by atoms with Crippen LogP contribution >= 0.6 is 0 Å². The Morgan fingerprint density at radius 1 is 0.900 bits per heavy atom. The first kappa shape index (κ1) is 19.1. The maximum atomic E-state index is 11.6. The molecule has 0 saturated carbocycles. The molecule has 20 heavy (non-hydrogen) atoms. The van der Waals surface area contributed by atoms with Crippen molar-refractivity contribution in [3.8, 4) is 0 Å². The fraction of sp³-hybridized carbons (Fsp3) is 0.882. The van der Waals surface area contributed by atoms with Gasteiger partial charge in [-0.25, -0.2) is 0 Å². The summed E-state index contributed by atoms with van der Waals surface area (Å²) >= 11 is 0. The van der Waals surface area contributed by atoms with Crippen LogP contribution in [0.15, 0.2) is 0 Å². The molecule has 0 saturated heterocycles. The Morgan fingerprint density at radius 3 is 1.95 bits per heavy atom. The van der Waals surface area contributed by atoms with E-state index in [9.17, 15) is 9.59 Å². The van der Waals surface area contributed by atoms with E-state index in [1.54, 1.807) is 0 Å². The summed E-state index contributed by atoms with van der Waals surface area (Å²) in [6.45, 7) is 4.25. The Labute approximate surface area is 124 Å². The van der Waals surface area contributed by atoms with Crippen LogP contribution in [0.5, 0.6) is 0 Å². The molecule has 1 amide bonds. The first-order valence-corrected chi connectivity index (χ1v) is 8.49. The van der Waals surface area contributed by atoms with E-state index < -0.39 is 0 Å². The number of unbranched alkanes of at least 4 members (excludes halogenated alkanes) is 8. The third-order valence-electron chi connectivity index (χ3n) is 3.62. The zero-order valence-corrected chi connectivity index (χ0v) is 13.5. The van der Waals surface area contributed by atoms with Crippen LogP contribution in [-0.4, -0.2) is 18.2 Å². The summed E-state index contributed by atoms with van der Waals surface area (Å²) in [7, 11) is 0. The van der Waals surface area contributed by atoms with Gasteiger partial charge in [0.25, 0.3) is 0 Å². The van der Waals surface area contributed by atoms with Crippen molar-refractivity contribution in [3.05, 3.63) is 0 Å². The molecule has 1 unspecified atom stereocenters. The molecule has 0 aliphatic carbocycles. The Balaban J connectivity index is 3.36.